The number of rotatable bonds is 3. The minimum atomic E-state index is -0.886. The summed E-state index contributed by atoms with van der Waals surface area (Å²) in [5.74, 6) is -1.91. The van der Waals surface area contributed by atoms with Gasteiger partial charge in [-0.05, 0) is 58.4 Å². The lowest BCUT2D eigenvalue weighted by Crippen LogP contribution is -2.54. The van der Waals surface area contributed by atoms with E-state index in [1.54, 1.807) is 12.1 Å². The molecule has 3 rings (SSSR count). The lowest BCUT2D eigenvalue weighted by molar-refractivity contribution is -0.122. The smallest absolute Gasteiger partial charge is 0.337 e. The van der Waals surface area contributed by atoms with Gasteiger partial charge in [-0.1, -0.05) is 0 Å². The minimum absolute atomic E-state index is 0.194. The van der Waals surface area contributed by atoms with Crippen LogP contribution in [0.4, 0.5) is 10.5 Å². The summed E-state index contributed by atoms with van der Waals surface area (Å²) >= 11 is 3.13. The number of hydrogen-bond donors (Lipinski definition) is 1. The lowest BCUT2D eigenvalue weighted by Gasteiger charge is -2.26. The molecular formula is C17H11BrN2O6. The zero-order valence-electron chi connectivity index (χ0n) is 13.3. The molecule has 1 N–H and O–H groups in total. The number of imide groups is 2. The Balaban J connectivity index is 1.95. The van der Waals surface area contributed by atoms with Crippen molar-refractivity contribution < 1.29 is 28.3 Å². The van der Waals surface area contributed by atoms with Crippen LogP contribution in [0.15, 0.2) is 51.1 Å². The highest BCUT2D eigenvalue weighted by atomic mass is 79.9. The number of nitrogens with zero attached hydrogens (tertiary/aromatic N) is 1. The predicted molar refractivity (Wildman–Crippen MR) is 93.2 cm³/mol. The molecule has 1 aromatic heterocycles. The molecule has 4 amide bonds. The van der Waals surface area contributed by atoms with E-state index in [1.807, 2.05) is 0 Å². The highest BCUT2D eigenvalue weighted by molar-refractivity contribution is 9.10. The molecule has 0 radical (unpaired) electrons. The maximum Gasteiger partial charge on any atom is 0.337 e. The standard InChI is InChI=1S/C17H11BrN2O6/c1-25-16(23)9-2-4-10(5-3-9)20-15(22)12(14(21)19-17(20)24)8-11-6-7-13(18)26-11/h2-8H,1H3,(H,19,21,24)/b12-8+. The van der Waals surface area contributed by atoms with Crippen LogP contribution in [0.5, 0.6) is 0 Å². The first-order chi connectivity index (χ1) is 12.4. The predicted octanol–water partition coefficient (Wildman–Crippen LogP) is 2.50. The van der Waals surface area contributed by atoms with E-state index in [9.17, 15) is 19.2 Å². The molecule has 1 aliphatic rings. The van der Waals surface area contributed by atoms with Crippen molar-refractivity contribution in [2.24, 2.45) is 0 Å². The van der Waals surface area contributed by atoms with Crippen molar-refractivity contribution in [3.8, 4) is 0 Å². The highest BCUT2D eigenvalue weighted by Crippen LogP contribution is 2.23. The summed E-state index contributed by atoms with van der Waals surface area (Å²) in [6, 6.07) is 7.90. The van der Waals surface area contributed by atoms with Crippen LogP contribution in [-0.4, -0.2) is 30.9 Å². The number of carbonyl (C=O) groups is 4. The number of anilines is 1. The third-order valence-corrected chi connectivity index (χ3v) is 3.96. The van der Waals surface area contributed by atoms with E-state index in [1.165, 1.54) is 37.5 Å². The normalized spacial score (nSPS) is 16.0. The third kappa shape index (κ3) is 3.29. The second-order valence-electron chi connectivity index (χ2n) is 5.14. The van der Waals surface area contributed by atoms with Gasteiger partial charge in [0.1, 0.15) is 11.3 Å². The summed E-state index contributed by atoms with van der Waals surface area (Å²) in [5.41, 5.74) is 0.191. The molecule has 1 fully saturated rings. The van der Waals surface area contributed by atoms with Crippen LogP contribution in [0, 0.1) is 0 Å². The first kappa shape index (κ1) is 17.6. The van der Waals surface area contributed by atoms with Gasteiger partial charge in [0.15, 0.2) is 4.67 Å². The SMILES string of the molecule is COC(=O)c1ccc(N2C(=O)NC(=O)/C(=C\c3ccc(Br)o3)C2=O)cc1. The Morgan fingerprint density at radius 2 is 1.85 bits per heavy atom. The molecule has 2 aromatic rings. The quantitative estimate of drug-likeness (QED) is 0.466. The number of nitrogens with one attached hydrogen (secondary N) is 1. The van der Waals surface area contributed by atoms with Gasteiger partial charge in [-0.3, -0.25) is 14.9 Å². The average molecular weight is 419 g/mol. The molecule has 0 aliphatic carbocycles. The first-order valence-electron chi connectivity index (χ1n) is 7.26. The van der Waals surface area contributed by atoms with Crippen molar-refractivity contribution in [2.75, 3.05) is 12.0 Å². The number of carbonyl (C=O) groups excluding carboxylic acids is 4. The van der Waals surface area contributed by atoms with Crippen molar-refractivity contribution in [3.63, 3.8) is 0 Å². The van der Waals surface area contributed by atoms with Gasteiger partial charge in [0.2, 0.25) is 0 Å². The molecule has 0 spiro atoms. The number of urea groups is 1. The monoisotopic (exact) mass is 418 g/mol. The second kappa shape index (κ2) is 6.96. The van der Waals surface area contributed by atoms with Gasteiger partial charge in [0, 0.05) is 0 Å². The Morgan fingerprint density at radius 3 is 2.42 bits per heavy atom. The van der Waals surface area contributed by atoms with E-state index in [0.29, 0.717) is 4.67 Å². The Bertz CT molecular complexity index is 944. The Hall–Kier alpha value is -3.20. The van der Waals surface area contributed by atoms with Crippen LogP contribution in [0.3, 0.4) is 0 Å². The molecule has 2 heterocycles. The topological polar surface area (TPSA) is 106 Å². The molecule has 9 heteroatoms. The zero-order valence-corrected chi connectivity index (χ0v) is 14.9. The molecule has 0 bridgehead atoms. The van der Waals surface area contributed by atoms with E-state index in [-0.39, 0.29) is 22.6 Å². The van der Waals surface area contributed by atoms with Crippen LogP contribution >= 0.6 is 15.9 Å². The largest absolute Gasteiger partial charge is 0.465 e. The maximum atomic E-state index is 12.7. The minimum Gasteiger partial charge on any atom is -0.465 e. The molecule has 132 valence electrons. The van der Waals surface area contributed by atoms with Gasteiger partial charge in [-0.2, -0.15) is 0 Å². The van der Waals surface area contributed by atoms with Gasteiger partial charge < -0.3 is 9.15 Å². The number of esters is 1. The number of hydrogen-bond acceptors (Lipinski definition) is 6. The molecule has 1 saturated heterocycles. The Kier molecular flexibility index (Phi) is 4.72. The van der Waals surface area contributed by atoms with Gasteiger partial charge in [-0.15, -0.1) is 0 Å². The second-order valence-corrected chi connectivity index (χ2v) is 5.92. The molecular weight excluding hydrogens is 408 g/mol. The average Bonchev–Trinajstić information content (AvgIpc) is 3.03. The van der Waals surface area contributed by atoms with E-state index in [4.69, 9.17) is 4.42 Å². The number of furan rings is 1. The van der Waals surface area contributed by atoms with Crippen LogP contribution in [0.25, 0.3) is 6.08 Å². The number of methoxy groups -OCH3 is 1. The molecule has 1 aromatic carbocycles. The maximum absolute atomic E-state index is 12.7. The molecule has 26 heavy (non-hydrogen) atoms. The van der Waals surface area contributed by atoms with E-state index >= 15 is 0 Å². The summed E-state index contributed by atoms with van der Waals surface area (Å²) in [6.07, 6.45) is 1.24. The number of amides is 4. The lowest BCUT2D eigenvalue weighted by atomic mass is 10.1. The van der Waals surface area contributed by atoms with Crippen molar-refractivity contribution in [3.05, 3.63) is 58.0 Å². The van der Waals surface area contributed by atoms with E-state index in [2.05, 4.69) is 26.0 Å². The van der Waals surface area contributed by atoms with Crippen LogP contribution in [0.2, 0.25) is 0 Å². The highest BCUT2D eigenvalue weighted by Gasteiger charge is 2.37. The van der Waals surface area contributed by atoms with Gasteiger partial charge in [0.25, 0.3) is 11.8 Å². The van der Waals surface area contributed by atoms with Crippen LogP contribution in [0.1, 0.15) is 16.1 Å². The third-order valence-electron chi connectivity index (χ3n) is 3.53. The van der Waals surface area contributed by atoms with Crippen molar-refractivity contribution in [1.29, 1.82) is 0 Å². The first-order valence-corrected chi connectivity index (χ1v) is 8.05. The molecule has 0 unspecified atom stereocenters. The number of ether oxygens (including phenoxy) is 1. The van der Waals surface area contributed by atoms with Gasteiger partial charge in [0.05, 0.1) is 18.4 Å². The van der Waals surface area contributed by atoms with Crippen molar-refractivity contribution in [2.45, 2.75) is 0 Å². The van der Waals surface area contributed by atoms with E-state index in [0.717, 1.165) is 4.90 Å². The molecule has 1 aliphatic heterocycles. The van der Waals surface area contributed by atoms with Crippen LogP contribution < -0.4 is 10.2 Å². The summed E-state index contributed by atoms with van der Waals surface area (Å²) in [5, 5.41) is 2.10. The number of halogens is 1. The fourth-order valence-electron chi connectivity index (χ4n) is 2.30. The zero-order chi connectivity index (χ0) is 18.8. The number of benzene rings is 1. The Morgan fingerprint density at radius 1 is 1.15 bits per heavy atom. The van der Waals surface area contributed by atoms with Crippen molar-refractivity contribution >= 4 is 51.5 Å². The molecule has 0 saturated carbocycles. The van der Waals surface area contributed by atoms with E-state index < -0.39 is 23.8 Å². The van der Waals surface area contributed by atoms with Crippen LogP contribution in [-0.2, 0) is 14.3 Å². The van der Waals surface area contributed by atoms with Gasteiger partial charge >= 0.3 is 12.0 Å². The number of barbiturate groups is 1. The Labute approximate surface area is 155 Å². The summed E-state index contributed by atoms with van der Waals surface area (Å²) in [6.45, 7) is 0. The fraction of sp³-hybridized carbons (Fsp3) is 0.0588. The summed E-state index contributed by atoms with van der Waals surface area (Å²) in [4.78, 5) is 49.1. The fourth-order valence-corrected chi connectivity index (χ4v) is 2.62. The van der Waals surface area contributed by atoms with Gasteiger partial charge in [-0.25, -0.2) is 14.5 Å². The molecule has 0 atom stereocenters. The summed E-state index contributed by atoms with van der Waals surface area (Å²) in [7, 11) is 1.24. The van der Waals surface area contributed by atoms with Crippen molar-refractivity contribution in [1.82, 2.24) is 5.32 Å². The summed E-state index contributed by atoms with van der Waals surface area (Å²) < 4.78 is 10.3. The molecule has 8 nitrogen and oxygen atoms in total.